The van der Waals surface area contributed by atoms with Crippen LogP contribution in [0.3, 0.4) is 0 Å². The van der Waals surface area contributed by atoms with Crippen molar-refractivity contribution in [1.29, 1.82) is 0 Å². The fourth-order valence-corrected chi connectivity index (χ4v) is 17.2. The van der Waals surface area contributed by atoms with Crippen LogP contribution in [0.5, 0.6) is 0 Å². The Morgan fingerprint density at radius 1 is 0.405 bits per heavy atom. The second-order valence-electron chi connectivity index (χ2n) is 11.6. The fourth-order valence-electron chi connectivity index (χ4n) is 4.68. The molecule has 0 fully saturated rings. The van der Waals surface area contributed by atoms with Crippen molar-refractivity contribution in [2.24, 2.45) is 0 Å². The topological polar surface area (TPSA) is 36.9 Å². The molecular formula is C32H70O4S4Si2. The molecule has 0 heterocycles. The van der Waals surface area contributed by atoms with Crippen LogP contribution in [0.1, 0.15) is 144 Å². The Morgan fingerprint density at radius 2 is 0.690 bits per heavy atom. The first-order valence-corrected chi connectivity index (χ1v) is 26.3. The number of rotatable bonds is 35. The van der Waals surface area contributed by atoms with E-state index in [0.717, 1.165) is 63.6 Å². The van der Waals surface area contributed by atoms with E-state index in [4.69, 9.17) is 18.9 Å². The highest BCUT2D eigenvalue weighted by atomic mass is 33.7. The van der Waals surface area contributed by atoms with E-state index in [1.165, 1.54) is 89.1 Å². The molecule has 4 nitrogen and oxygen atoms in total. The van der Waals surface area contributed by atoms with Gasteiger partial charge >= 0.3 is 0 Å². The first kappa shape index (κ1) is 43.7. The van der Waals surface area contributed by atoms with E-state index in [-0.39, 0.29) is 10.8 Å². The van der Waals surface area contributed by atoms with Crippen molar-refractivity contribution < 1.29 is 18.9 Å². The second kappa shape index (κ2) is 32.6. The lowest BCUT2D eigenvalue weighted by Gasteiger charge is -2.34. The van der Waals surface area contributed by atoms with Crippen molar-refractivity contribution in [2.45, 2.75) is 167 Å². The van der Waals surface area contributed by atoms with Crippen molar-refractivity contribution in [3.8, 4) is 0 Å². The van der Waals surface area contributed by atoms with Crippen LogP contribution in [0, 0.1) is 0 Å². The van der Waals surface area contributed by atoms with Crippen LogP contribution in [0.25, 0.3) is 0 Å². The highest BCUT2D eigenvalue weighted by Crippen LogP contribution is 2.46. The molecule has 0 aliphatic rings. The molecule has 0 saturated carbocycles. The number of hydrogen-bond acceptors (Lipinski definition) is 8. The molecule has 0 bridgehead atoms. The largest absolute Gasteiger partial charge is 0.354 e. The van der Waals surface area contributed by atoms with Gasteiger partial charge in [-0.25, -0.2) is 0 Å². The van der Waals surface area contributed by atoms with Gasteiger partial charge in [0.15, 0.2) is 10.8 Å². The Kier molecular flexibility index (Phi) is 33.9. The Labute approximate surface area is 282 Å². The zero-order valence-electron chi connectivity index (χ0n) is 28.7. The van der Waals surface area contributed by atoms with E-state index in [1.54, 1.807) is 0 Å². The van der Waals surface area contributed by atoms with Gasteiger partial charge in [-0.2, -0.15) is 0 Å². The van der Waals surface area contributed by atoms with E-state index in [0.29, 0.717) is 0 Å². The third-order valence-corrected chi connectivity index (χ3v) is 19.3. The minimum absolute atomic E-state index is 0.318. The summed E-state index contributed by atoms with van der Waals surface area (Å²) in [5.41, 5.74) is -0.637. The Hall–Kier alpha value is 1.67. The van der Waals surface area contributed by atoms with Crippen molar-refractivity contribution in [3.63, 3.8) is 0 Å². The van der Waals surface area contributed by atoms with E-state index in [1.807, 2.05) is 41.2 Å². The van der Waals surface area contributed by atoms with E-state index in [2.05, 4.69) is 41.5 Å². The van der Waals surface area contributed by atoms with E-state index >= 15 is 0 Å². The summed E-state index contributed by atoms with van der Waals surface area (Å²) in [6, 6.07) is 2.61. The second-order valence-corrected chi connectivity index (χ2v) is 22.2. The maximum atomic E-state index is 6.66. The van der Waals surface area contributed by atoms with Crippen LogP contribution in [-0.4, -0.2) is 67.8 Å². The molecule has 0 aromatic carbocycles. The Bertz CT molecular complexity index is 483. The van der Waals surface area contributed by atoms with E-state index < -0.39 is 19.0 Å². The maximum Gasteiger partial charge on any atom is 0.154 e. The summed E-state index contributed by atoms with van der Waals surface area (Å²) >= 11 is 0. The summed E-state index contributed by atoms with van der Waals surface area (Å²) in [6.07, 6.45) is 19.5. The lowest BCUT2D eigenvalue weighted by Crippen LogP contribution is -2.45. The van der Waals surface area contributed by atoms with Gasteiger partial charge < -0.3 is 18.9 Å². The monoisotopic (exact) mass is 702 g/mol. The molecule has 0 unspecified atom stereocenters. The molecule has 0 aromatic rings. The zero-order valence-corrected chi connectivity index (χ0v) is 34.7. The third-order valence-electron chi connectivity index (χ3n) is 7.46. The van der Waals surface area contributed by atoms with Gasteiger partial charge in [0.25, 0.3) is 0 Å². The standard InChI is InChI=1S/C32H70O4S4Si2/c1-7-13-19-23-33-31(41-27-17-11-5,34-24-20-14-8-2)29-37-39-40-38-30-32(42-28-18-12-6,35-25-21-15-9-3)36-26-22-16-10-4/h7-30,41-42H2,1-6H3. The van der Waals surface area contributed by atoms with Crippen LogP contribution in [0.2, 0.25) is 12.1 Å². The first-order chi connectivity index (χ1) is 20.6. The summed E-state index contributed by atoms with van der Waals surface area (Å²) in [7, 11) is 6.70. The minimum Gasteiger partial charge on any atom is -0.354 e. The molecule has 0 aliphatic heterocycles. The molecule has 0 spiro atoms. The average Bonchev–Trinajstić information content (AvgIpc) is 3.00. The lowest BCUT2D eigenvalue weighted by atomic mass is 10.3. The Morgan fingerprint density at radius 3 is 0.952 bits per heavy atom. The lowest BCUT2D eigenvalue weighted by molar-refractivity contribution is -0.167. The number of ether oxygens (including phenoxy) is 4. The summed E-state index contributed by atoms with van der Waals surface area (Å²) in [6.45, 7) is 17.0. The van der Waals surface area contributed by atoms with Gasteiger partial charge in [0.1, 0.15) is 0 Å². The van der Waals surface area contributed by atoms with Crippen molar-refractivity contribution in [2.75, 3.05) is 37.9 Å². The molecule has 0 N–H and O–H groups in total. The molecule has 254 valence electrons. The third kappa shape index (κ3) is 24.8. The van der Waals surface area contributed by atoms with Gasteiger partial charge in [0.2, 0.25) is 0 Å². The minimum atomic E-state index is -0.493. The van der Waals surface area contributed by atoms with Crippen LogP contribution in [-0.2, 0) is 18.9 Å². The highest BCUT2D eigenvalue weighted by molar-refractivity contribution is 9.26. The quantitative estimate of drug-likeness (QED) is 0.0280. The summed E-state index contributed by atoms with van der Waals surface area (Å²) < 4.78 is 26.6. The van der Waals surface area contributed by atoms with Gasteiger partial charge in [-0.1, -0.05) is 152 Å². The summed E-state index contributed by atoms with van der Waals surface area (Å²) in [5, 5.41) is 0. The van der Waals surface area contributed by atoms with Crippen LogP contribution in [0.15, 0.2) is 0 Å². The molecule has 0 atom stereocenters. The fraction of sp³-hybridized carbons (Fsp3) is 1.00. The van der Waals surface area contributed by atoms with Gasteiger partial charge in [0, 0.05) is 26.4 Å². The normalized spacial score (nSPS) is 13.0. The van der Waals surface area contributed by atoms with Crippen LogP contribution in [0.4, 0.5) is 0 Å². The Balaban J connectivity index is 5.16. The van der Waals surface area contributed by atoms with Crippen LogP contribution < -0.4 is 0 Å². The van der Waals surface area contributed by atoms with Crippen molar-refractivity contribution >= 4 is 60.3 Å². The molecule has 10 heteroatoms. The zero-order chi connectivity index (χ0) is 31.0. The molecule has 0 radical (unpaired) electrons. The summed E-state index contributed by atoms with van der Waals surface area (Å²) in [4.78, 5) is 0. The molecule has 0 amide bonds. The molecule has 0 aliphatic carbocycles. The van der Waals surface area contributed by atoms with Gasteiger partial charge in [-0.15, -0.1) is 0 Å². The van der Waals surface area contributed by atoms with Gasteiger partial charge in [0.05, 0.1) is 30.5 Å². The molecular weight excluding hydrogens is 633 g/mol. The number of unbranched alkanes of at least 4 members (excludes halogenated alkanes) is 10. The van der Waals surface area contributed by atoms with Crippen LogP contribution >= 0.6 is 41.2 Å². The predicted octanol–water partition coefficient (Wildman–Crippen LogP) is 10.6. The predicted molar refractivity (Wildman–Crippen MR) is 204 cm³/mol. The smallest absolute Gasteiger partial charge is 0.154 e. The van der Waals surface area contributed by atoms with E-state index in [9.17, 15) is 0 Å². The highest BCUT2D eigenvalue weighted by Gasteiger charge is 2.34. The van der Waals surface area contributed by atoms with Gasteiger partial charge in [-0.05, 0) is 45.3 Å². The molecule has 0 rings (SSSR count). The van der Waals surface area contributed by atoms with Gasteiger partial charge in [-0.3, -0.25) is 0 Å². The first-order valence-electron chi connectivity index (χ1n) is 17.7. The molecule has 0 saturated heterocycles. The average molecular weight is 703 g/mol. The molecule has 42 heavy (non-hydrogen) atoms. The summed E-state index contributed by atoms with van der Waals surface area (Å²) in [5.74, 6) is 1.88. The molecule has 0 aromatic heterocycles. The van der Waals surface area contributed by atoms with Crippen molar-refractivity contribution in [3.05, 3.63) is 0 Å². The van der Waals surface area contributed by atoms with Crippen molar-refractivity contribution in [1.82, 2.24) is 0 Å². The SMILES string of the molecule is CCCCCOC(CSSSSCC(OCCCCC)(OCCCCC)[SiH2]CCCC)(OCCCCC)[SiH2]CCCC. The maximum absolute atomic E-state index is 6.66. The number of hydrogen-bond donors (Lipinski definition) is 0.